The number of benzene rings is 2. The molecule has 0 aliphatic heterocycles. The zero-order valence-corrected chi connectivity index (χ0v) is 8.46. The Morgan fingerprint density at radius 3 is 2.79 bits per heavy atom. The summed E-state index contributed by atoms with van der Waals surface area (Å²) < 4.78 is 0. The Balaban J connectivity index is 2.15. The van der Waals surface area contributed by atoms with E-state index in [4.69, 9.17) is 0 Å². The fraction of sp³-hybridized carbons (Fsp3) is 0.286. The topological polar surface area (TPSA) is 0 Å². The number of hydrogen-bond donors (Lipinski definition) is 0. The minimum absolute atomic E-state index is 0.778. The summed E-state index contributed by atoms with van der Waals surface area (Å²) >= 11 is 0. The minimum Gasteiger partial charge on any atom is -0.0653 e. The van der Waals surface area contributed by atoms with Crippen molar-refractivity contribution in [1.29, 1.82) is 0 Å². The van der Waals surface area contributed by atoms with Gasteiger partial charge in [-0.1, -0.05) is 49.7 Å². The Morgan fingerprint density at radius 2 is 1.93 bits per heavy atom. The van der Waals surface area contributed by atoms with Crippen molar-refractivity contribution in [3.05, 3.63) is 47.5 Å². The van der Waals surface area contributed by atoms with Crippen LogP contribution in [0.25, 0.3) is 10.8 Å². The lowest BCUT2D eigenvalue weighted by Gasteiger charge is -1.94. The quantitative estimate of drug-likeness (QED) is 0.656. The zero-order chi connectivity index (χ0) is 9.54. The van der Waals surface area contributed by atoms with Crippen molar-refractivity contribution in [2.24, 2.45) is 0 Å². The maximum Gasteiger partial charge on any atom is 0.0101 e. The highest BCUT2D eigenvalue weighted by molar-refractivity contribution is 5.92. The highest BCUT2D eigenvalue weighted by atomic mass is 14.4. The largest absolute Gasteiger partial charge is 0.0653 e. The van der Waals surface area contributed by atoms with Gasteiger partial charge in [-0.15, -0.1) is 0 Å². The molecule has 0 heteroatoms. The van der Waals surface area contributed by atoms with Crippen LogP contribution in [0, 0.1) is 0 Å². The third-order valence-electron chi connectivity index (χ3n) is 3.22. The lowest BCUT2D eigenvalue weighted by molar-refractivity contribution is 0.785. The molecule has 1 aliphatic rings. The zero-order valence-electron chi connectivity index (χ0n) is 8.46. The maximum atomic E-state index is 2.30. The third kappa shape index (κ3) is 1.00. The van der Waals surface area contributed by atoms with Gasteiger partial charge < -0.3 is 0 Å². The van der Waals surface area contributed by atoms with Crippen molar-refractivity contribution in [3.63, 3.8) is 0 Å². The molecule has 1 atom stereocenters. The summed E-state index contributed by atoms with van der Waals surface area (Å²) in [5, 5.41) is 2.87. The Kier molecular flexibility index (Phi) is 1.63. The molecule has 0 radical (unpaired) electrons. The molecular formula is C14H14. The summed E-state index contributed by atoms with van der Waals surface area (Å²) in [4.78, 5) is 0. The second-order valence-electron chi connectivity index (χ2n) is 4.13. The molecule has 0 heterocycles. The van der Waals surface area contributed by atoms with Gasteiger partial charge in [0.15, 0.2) is 0 Å². The van der Waals surface area contributed by atoms with E-state index >= 15 is 0 Å². The van der Waals surface area contributed by atoms with E-state index in [1.165, 1.54) is 23.6 Å². The van der Waals surface area contributed by atoms with Gasteiger partial charge in [0.1, 0.15) is 0 Å². The van der Waals surface area contributed by atoms with Crippen LogP contribution in [-0.2, 0) is 0 Å². The van der Waals surface area contributed by atoms with Gasteiger partial charge in [0.2, 0.25) is 0 Å². The molecule has 1 aliphatic carbocycles. The molecule has 0 nitrogen and oxygen atoms in total. The SMILES string of the molecule is CCCC1c2ccc3ccccc3c21. The van der Waals surface area contributed by atoms with E-state index in [2.05, 4.69) is 43.3 Å². The second kappa shape index (κ2) is 2.84. The van der Waals surface area contributed by atoms with Crippen LogP contribution in [0.4, 0.5) is 0 Å². The lowest BCUT2D eigenvalue weighted by atomic mass is 10.1. The van der Waals surface area contributed by atoms with Crippen LogP contribution < -0.4 is 0 Å². The molecule has 0 saturated carbocycles. The summed E-state index contributed by atoms with van der Waals surface area (Å²) in [6.07, 6.45) is 2.61. The fourth-order valence-corrected chi connectivity index (χ4v) is 2.49. The van der Waals surface area contributed by atoms with Crippen molar-refractivity contribution < 1.29 is 0 Å². The minimum atomic E-state index is 0.778. The second-order valence-corrected chi connectivity index (χ2v) is 4.13. The first kappa shape index (κ1) is 8.05. The van der Waals surface area contributed by atoms with Crippen molar-refractivity contribution in [2.75, 3.05) is 0 Å². The van der Waals surface area contributed by atoms with Gasteiger partial charge in [-0.2, -0.15) is 0 Å². The smallest absolute Gasteiger partial charge is 0.0101 e. The van der Waals surface area contributed by atoms with Gasteiger partial charge in [-0.3, -0.25) is 0 Å². The molecule has 0 saturated heterocycles. The van der Waals surface area contributed by atoms with E-state index in [0.29, 0.717) is 0 Å². The summed E-state index contributed by atoms with van der Waals surface area (Å²) in [5.74, 6) is 0.778. The first-order valence-electron chi connectivity index (χ1n) is 5.43. The molecule has 0 bridgehead atoms. The van der Waals surface area contributed by atoms with Gasteiger partial charge in [0, 0.05) is 5.92 Å². The van der Waals surface area contributed by atoms with Crippen LogP contribution in [0.15, 0.2) is 36.4 Å². The molecule has 70 valence electrons. The van der Waals surface area contributed by atoms with E-state index in [9.17, 15) is 0 Å². The standard InChI is InChI=1S/C14H14/c1-2-5-12-13-9-8-10-6-3-4-7-11(10)14(12)13/h3-4,6-9,12H,2,5H2,1H3. The van der Waals surface area contributed by atoms with Gasteiger partial charge in [0.25, 0.3) is 0 Å². The summed E-state index contributed by atoms with van der Waals surface area (Å²) in [6, 6.07) is 13.3. The van der Waals surface area contributed by atoms with E-state index in [1.807, 2.05) is 0 Å². The molecule has 0 aromatic heterocycles. The molecule has 14 heavy (non-hydrogen) atoms. The Bertz CT molecular complexity index is 482. The highest BCUT2D eigenvalue weighted by Crippen LogP contribution is 2.50. The first-order chi connectivity index (χ1) is 6.92. The van der Waals surface area contributed by atoms with Crippen LogP contribution in [0.1, 0.15) is 36.8 Å². The van der Waals surface area contributed by atoms with Gasteiger partial charge in [-0.25, -0.2) is 0 Å². The normalized spacial score (nSPS) is 18.2. The number of rotatable bonds is 2. The van der Waals surface area contributed by atoms with Crippen LogP contribution >= 0.6 is 0 Å². The van der Waals surface area contributed by atoms with Gasteiger partial charge in [0.05, 0.1) is 0 Å². The van der Waals surface area contributed by atoms with Crippen molar-refractivity contribution in [3.8, 4) is 0 Å². The average molecular weight is 182 g/mol. The number of hydrogen-bond acceptors (Lipinski definition) is 0. The summed E-state index contributed by atoms with van der Waals surface area (Å²) in [5.41, 5.74) is 3.20. The average Bonchev–Trinajstić information content (AvgIpc) is 2.93. The maximum absolute atomic E-state index is 2.30. The van der Waals surface area contributed by atoms with Crippen molar-refractivity contribution >= 4 is 10.8 Å². The molecule has 0 fully saturated rings. The number of fused-ring (bicyclic) bond motifs is 3. The van der Waals surface area contributed by atoms with Crippen LogP contribution in [0.3, 0.4) is 0 Å². The van der Waals surface area contributed by atoms with Crippen LogP contribution in [0.5, 0.6) is 0 Å². The van der Waals surface area contributed by atoms with E-state index in [1.54, 1.807) is 11.1 Å². The van der Waals surface area contributed by atoms with Gasteiger partial charge >= 0.3 is 0 Å². The van der Waals surface area contributed by atoms with Gasteiger partial charge in [-0.05, 0) is 28.3 Å². The monoisotopic (exact) mass is 182 g/mol. The molecular weight excluding hydrogens is 168 g/mol. The Morgan fingerprint density at radius 1 is 1.07 bits per heavy atom. The van der Waals surface area contributed by atoms with Crippen LogP contribution in [-0.4, -0.2) is 0 Å². The Labute approximate surface area is 84.6 Å². The predicted octanol–water partition coefficient (Wildman–Crippen LogP) is 4.09. The molecule has 0 amide bonds. The first-order valence-corrected chi connectivity index (χ1v) is 5.43. The van der Waals surface area contributed by atoms with E-state index in [-0.39, 0.29) is 0 Å². The molecule has 3 rings (SSSR count). The molecule has 0 N–H and O–H groups in total. The van der Waals surface area contributed by atoms with Crippen molar-refractivity contribution in [2.45, 2.75) is 25.7 Å². The molecule has 2 aromatic rings. The summed E-state index contributed by atoms with van der Waals surface area (Å²) in [6.45, 7) is 2.26. The predicted molar refractivity (Wildman–Crippen MR) is 60.7 cm³/mol. The molecule has 0 spiro atoms. The fourth-order valence-electron chi connectivity index (χ4n) is 2.49. The van der Waals surface area contributed by atoms with Crippen LogP contribution in [0.2, 0.25) is 0 Å². The summed E-state index contributed by atoms with van der Waals surface area (Å²) in [7, 11) is 0. The lowest BCUT2D eigenvalue weighted by Crippen LogP contribution is -1.72. The van der Waals surface area contributed by atoms with E-state index in [0.717, 1.165) is 5.92 Å². The van der Waals surface area contributed by atoms with Crippen molar-refractivity contribution in [1.82, 2.24) is 0 Å². The Hall–Kier alpha value is -1.30. The third-order valence-corrected chi connectivity index (χ3v) is 3.22. The molecule has 1 unspecified atom stereocenters. The molecule has 2 aromatic carbocycles. The van der Waals surface area contributed by atoms with E-state index < -0.39 is 0 Å². The highest BCUT2D eigenvalue weighted by Gasteiger charge is 2.32.